The highest BCUT2D eigenvalue weighted by atomic mass is 127. The molecule has 0 saturated heterocycles. The maximum atomic E-state index is 14.1. The molecule has 1 radical (unpaired) electrons. The van der Waals surface area contributed by atoms with Crippen LogP contribution in [0.1, 0.15) is 11.1 Å². The third kappa shape index (κ3) is 4.71. The highest BCUT2D eigenvalue weighted by Crippen LogP contribution is 2.54. The Morgan fingerprint density at radius 3 is 1.31 bits per heavy atom. The van der Waals surface area contributed by atoms with Crippen LogP contribution >= 0.6 is 0 Å². The van der Waals surface area contributed by atoms with E-state index in [4.69, 9.17) is 0 Å². The van der Waals surface area contributed by atoms with Crippen molar-refractivity contribution in [1.29, 1.82) is 0 Å². The molecule has 14 heteroatoms. The molecule has 0 aliphatic carbocycles. The standard InChI is InChI=1S/C18H14F9IO3S/c1-11-3-7-13(8-4-11)28(14-9-5-12(2)6-10-14)31-32(29,30)18(26,27)16(21,22)15(19,20)17(23,24)25/h3-10H,1-2H3/q+1. The van der Waals surface area contributed by atoms with E-state index in [1.807, 2.05) is 0 Å². The van der Waals surface area contributed by atoms with Gasteiger partial charge in [0.15, 0.2) is 7.14 Å². The third-order valence-electron chi connectivity index (χ3n) is 3.99. The molecule has 0 aliphatic rings. The van der Waals surface area contributed by atoms with Crippen LogP contribution in [-0.4, -0.2) is 31.7 Å². The Labute approximate surface area is 184 Å². The van der Waals surface area contributed by atoms with E-state index in [1.165, 1.54) is 48.5 Å². The summed E-state index contributed by atoms with van der Waals surface area (Å²) in [5, 5.41) is -6.90. The molecule has 2 rings (SSSR count). The van der Waals surface area contributed by atoms with Crippen LogP contribution in [0.4, 0.5) is 39.5 Å². The Bertz CT molecular complexity index is 1010. The van der Waals surface area contributed by atoms with E-state index in [1.54, 1.807) is 13.8 Å². The molecule has 0 amide bonds. The smallest absolute Gasteiger partial charge is 0.191 e. The van der Waals surface area contributed by atoms with Gasteiger partial charge in [-0.05, 0) is 40.6 Å². The molecule has 3 nitrogen and oxygen atoms in total. The summed E-state index contributed by atoms with van der Waals surface area (Å²) in [5.41, 5.74) is 1.30. The first-order chi connectivity index (χ1) is 14.3. The molecular formula is C18H14F9IO3S+. The molecule has 0 heterocycles. The molecule has 0 N–H and O–H groups in total. The lowest BCUT2D eigenvalue weighted by atomic mass is 10.1. The normalized spacial score (nSPS) is 14.1. The van der Waals surface area contributed by atoms with E-state index in [0.29, 0.717) is 11.1 Å². The molecule has 179 valence electrons. The van der Waals surface area contributed by atoms with Gasteiger partial charge < -0.3 is 0 Å². The minimum absolute atomic E-state index is 0.00562. The van der Waals surface area contributed by atoms with Crippen molar-refractivity contribution in [3.8, 4) is 0 Å². The lowest BCUT2D eigenvalue weighted by Gasteiger charge is -2.31. The van der Waals surface area contributed by atoms with Crippen LogP contribution in [0.5, 0.6) is 0 Å². The molecular weight excluding hydrogens is 594 g/mol. The molecule has 0 spiro atoms. The van der Waals surface area contributed by atoms with E-state index in [2.05, 4.69) is 2.51 Å². The molecule has 0 bridgehead atoms. The molecule has 0 aliphatic heterocycles. The second-order valence-electron chi connectivity index (χ2n) is 6.52. The topological polar surface area (TPSA) is 43.4 Å². The molecule has 2 aromatic carbocycles. The average molecular weight is 608 g/mol. The zero-order valence-electron chi connectivity index (χ0n) is 16.0. The van der Waals surface area contributed by atoms with E-state index < -0.39 is 53.6 Å². The first kappa shape index (κ1) is 26.7. The van der Waals surface area contributed by atoms with Crippen molar-refractivity contribution >= 4 is 10.1 Å². The third-order valence-corrected chi connectivity index (χ3v) is 11.4. The van der Waals surface area contributed by atoms with Crippen LogP contribution < -0.4 is 20.2 Å². The fraction of sp³-hybridized carbons (Fsp3) is 0.333. The summed E-state index contributed by atoms with van der Waals surface area (Å²) >= 11 is -4.04. The second-order valence-corrected chi connectivity index (χ2v) is 13.1. The Balaban J connectivity index is 2.58. The Morgan fingerprint density at radius 2 is 1.00 bits per heavy atom. The maximum absolute atomic E-state index is 14.1. The SMILES string of the molecule is Cc1ccc([I+](OS(=O)(=O)C(F)(F)C(F)(F)C(F)(F)C(F)(F)F)c2ccc(C)cc2)cc1. The molecule has 32 heavy (non-hydrogen) atoms. The van der Waals surface area contributed by atoms with Gasteiger partial charge in [0, 0.05) is 0 Å². The molecule has 0 unspecified atom stereocenters. The van der Waals surface area contributed by atoms with Crippen LogP contribution in [0.3, 0.4) is 0 Å². The summed E-state index contributed by atoms with van der Waals surface area (Å²) in [6, 6.07) is 10.7. The van der Waals surface area contributed by atoms with E-state index in [9.17, 15) is 47.9 Å². The number of halogens is 10. The summed E-state index contributed by atoms with van der Waals surface area (Å²) in [6.45, 7) is 3.25. The number of rotatable bonds is 7. The van der Waals surface area contributed by atoms with Crippen LogP contribution in [0.25, 0.3) is 0 Å². The van der Waals surface area contributed by atoms with E-state index in [-0.39, 0.29) is 7.14 Å². The van der Waals surface area contributed by atoms with Crippen LogP contribution in [0.2, 0.25) is 0 Å². The van der Waals surface area contributed by atoms with Gasteiger partial charge in [-0.3, -0.25) is 0 Å². The predicted octanol–water partition coefficient (Wildman–Crippen LogP) is 2.65. The summed E-state index contributed by atoms with van der Waals surface area (Å²) < 4.78 is 147. The van der Waals surface area contributed by atoms with E-state index >= 15 is 0 Å². The molecule has 0 fully saturated rings. The highest BCUT2D eigenvalue weighted by Gasteiger charge is 2.86. The summed E-state index contributed by atoms with van der Waals surface area (Å²) in [4.78, 5) is 0. The lowest BCUT2D eigenvalue weighted by molar-refractivity contribution is -1.03. The number of aryl methyl sites for hydroxylation is 2. The lowest BCUT2D eigenvalue weighted by Crippen LogP contribution is -3.85. The van der Waals surface area contributed by atoms with Gasteiger partial charge in [-0.1, -0.05) is 35.4 Å². The first-order valence-corrected chi connectivity index (χ1v) is 12.8. The van der Waals surface area contributed by atoms with Gasteiger partial charge in [-0.25, -0.2) is 0 Å². The van der Waals surface area contributed by atoms with Crippen molar-refractivity contribution in [3.63, 3.8) is 0 Å². The second kappa shape index (κ2) is 8.66. The first-order valence-electron chi connectivity index (χ1n) is 8.33. The van der Waals surface area contributed by atoms with Crippen molar-refractivity contribution in [3.05, 3.63) is 66.8 Å². The minimum Gasteiger partial charge on any atom is -0.191 e. The quantitative estimate of drug-likeness (QED) is 0.359. The largest absolute Gasteiger partial charge is 0.460 e. The Kier molecular flexibility index (Phi) is 7.23. The number of hydrogen-bond donors (Lipinski definition) is 0. The summed E-state index contributed by atoms with van der Waals surface area (Å²) in [5.74, 6) is -14.7. The zero-order valence-corrected chi connectivity index (χ0v) is 19.0. The Morgan fingerprint density at radius 1 is 0.656 bits per heavy atom. The molecule has 0 atom stereocenters. The van der Waals surface area contributed by atoms with Gasteiger partial charge in [0.2, 0.25) is 0 Å². The fourth-order valence-corrected chi connectivity index (χ4v) is 9.05. The predicted molar refractivity (Wildman–Crippen MR) is 90.7 cm³/mol. The van der Waals surface area contributed by atoms with Gasteiger partial charge >= 0.3 is 53.6 Å². The summed E-state index contributed by atoms with van der Waals surface area (Å²) in [7, 11) is -6.97. The number of hydrogen-bond acceptors (Lipinski definition) is 3. The van der Waals surface area contributed by atoms with Crippen molar-refractivity contribution in [2.45, 2.75) is 37.1 Å². The van der Waals surface area contributed by atoms with Gasteiger partial charge in [0.05, 0.1) is 0 Å². The van der Waals surface area contributed by atoms with E-state index in [0.717, 1.165) is 0 Å². The highest BCUT2D eigenvalue weighted by molar-refractivity contribution is 7.87. The van der Waals surface area contributed by atoms with Crippen molar-refractivity contribution < 1.29 is 70.7 Å². The molecule has 0 saturated carbocycles. The van der Waals surface area contributed by atoms with Crippen molar-refractivity contribution in [1.82, 2.24) is 0 Å². The summed E-state index contributed by atoms with van der Waals surface area (Å²) in [6.07, 6.45) is -7.15. The van der Waals surface area contributed by atoms with Gasteiger partial charge in [0.1, 0.15) is 0 Å². The average Bonchev–Trinajstić information content (AvgIpc) is 2.66. The maximum Gasteiger partial charge on any atom is 0.460 e. The van der Waals surface area contributed by atoms with Crippen LogP contribution in [-0.2, 0) is 12.6 Å². The van der Waals surface area contributed by atoms with Gasteiger partial charge in [-0.2, -0.15) is 47.9 Å². The fourth-order valence-electron chi connectivity index (χ4n) is 2.13. The van der Waals surface area contributed by atoms with Crippen molar-refractivity contribution in [2.75, 3.05) is 0 Å². The zero-order chi connectivity index (χ0) is 24.8. The Hall–Kier alpha value is -1.55. The number of benzene rings is 2. The minimum atomic E-state index is -7.35. The number of alkyl halides is 9. The monoisotopic (exact) mass is 608 g/mol. The van der Waals surface area contributed by atoms with Crippen molar-refractivity contribution in [2.24, 2.45) is 0 Å². The van der Waals surface area contributed by atoms with Crippen LogP contribution in [0, 0.1) is 21.0 Å². The van der Waals surface area contributed by atoms with Crippen LogP contribution in [0.15, 0.2) is 48.5 Å². The molecule has 0 aromatic heterocycles. The van der Waals surface area contributed by atoms with Gasteiger partial charge in [-0.15, -0.1) is 0 Å². The van der Waals surface area contributed by atoms with Gasteiger partial charge in [0.25, 0.3) is 0 Å². The molecule has 2 aromatic rings.